The molecule has 0 aliphatic carbocycles. The van der Waals surface area contributed by atoms with Gasteiger partial charge in [-0.15, -0.1) is 0 Å². The lowest BCUT2D eigenvalue weighted by molar-refractivity contribution is 0.307. The minimum absolute atomic E-state index is 0.0380. The number of aryl methyl sites for hydroxylation is 2. The van der Waals surface area contributed by atoms with Gasteiger partial charge in [0.15, 0.2) is 0 Å². The maximum atomic E-state index is 16.7. The number of benzene rings is 7. The molecule has 3 heteroatoms. The number of hydrogen-bond acceptors (Lipinski definition) is 1. The van der Waals surface area contributed by atoms with E-state index in [1.165, 1.54) is 33.2 Å². The Bertz CT molecular complexity index is 2370. The summed E-state index contributed by atoms with van der Waals surface area (Å²) in [4.78, 5) is 0. The van der Waals surface area contributed by atoms with Crippen molar-refractivity contribution >= 4 is 28.7 Å². The summed E-state index contributed by atoms with van der Waals surface area (Å²) >= 11 is 0. The second-order valence-electron chi connectivity index (χ2n) is 14.5. The van der Waals surface area contributed by atoms with E-state index in [0.29, 0.717) is 0 Å². The summed E-state index contributed by atoms with van der Waals surface area (Å²) in [5, 5.41) is 4.08. The van der Waals surface area contributed by atoms with Crippen LogP contribution in [0.1, 0.15) is 52.7 Å². The smallest absolute Gasteiger partial charge is 0.208 e. The fraction of sp³-hybridized carbons (Fsp3) is 0.200. The normalized spacial score (nSPS) is 12.8. The van der Waals surface area contributed by atoms with Gasteiger partial charge in [0, 0.05) is 22.7 Å². The van der Waals surface area contributed by atoms with Crippen LogP contribution in [0.3, 0.4) is 0 Å². The summed E-state index contributed by atoms with van der Waals surface area (Å²) in [7, 11) is -3.42. The average molecular weight is 712 g/mol. The largest absolute Gasteiger partial charge is 0.296 e. The molecule has 0 N–H and O–H groups in total. The van der Waals surface area contributed by atoms with Gasteiger partial charge in [-0.1, -0.05) is 153 Å². The van der Waals surface area contributed by atoms with Crippen molar-refractivity contribution in [2.75, 3.05) is 0 Å². The van der Waals surface area contributed by atoms with Crippen molar-refractivity contribution in [2.45, 2.75) is 66.5 Å². The molecular formula is C50H50NOP. The minimum atomic E-state index is -3.42. The summed E-state index contributed by atoms with van der Waals surface area (Å²) in [6, 6.07) is 56.6. The van der Waals surface area contributed by atoms with Gasteiger partial charge in [0.05, 0.1) is 0 Å². The molecule has 53 heavy (non-hydrogen) atoms. The quantitative estimate of drug-likeness (QED) is 0.125. The predicted molar refractivity (Wildman–Crippen MR) is 230 cm³/mol. The molecule has 0 saturated carbocycles. The van der Waals surface area contributed by atoms with Crippen LogP contribution in [-0.4, -0.2) is 16.8 Å². The lowest BCUT2D eigenvalue weighted by Gasteiger charge is -2.39. The second kappa shape index (κ2) is 15.5. The van der Waals surface area contributed by atoms with E-state index in [2.05, 4.69) is 204 Å². The molecule has 7 rings (SSSR count). The predicted octanol–water partition coefficient (Wildman–Crippen LogP) is 13.0. The zero-order valence-corrected chi connectivity index (χ0v) is 32.8. The van der Waals surface area contributed by atoms with E-state index in [0.717, 1.165) is 56.7 Å². The lowest BCUT2D eigenvalue weighted by Crippen LogP contribution is -2.41. The fourth-order valence-corrected chi connectivity index (χ4v) is 11.7. The van der Waals surface area contributed by atoms with E-state index in [1.54, 1.807) is 0 Å². The molecule has 0 heterocycles. The summed E-state index contributed by atoms with van der Waals surface area (Å²) in [5.41, 5.74) is 11.6. The van der Waals surface area contributed by atoms with Gasteiger partial charge in [0.2, 0.25) is 7.29 Å². The number of nitrogens with zero attached hydrogens (tertiary/aromatic N) is 1. The van der Waals surface area contributed by atoms with Gasteiger partial charge in [-0.2, -0.15) is 0 Å². The zero-order valence-electron chi connectivity index (χ0n) is 31.9. The molecular weight excluding hydrogens is 662 g/mol. The van der Waals surface area contributed by atoms with Crippen LogP contribution in [0.2, 0.25) is 0 Å². The Hall–Kier alpha value is -5.01. The van der Waals surface area contributed by atoms with Crippen molar-refractivity contribution in [2.24, 2.45) is 0 Å². The Morgan fingerprint density at radius 3 is 1.36 bits per heavy atom. The van der Waals surface area contributed by atoms with Crippen molar-refractivity contribution in [1.82, 2.24) is 4.67 Å². The van der Waals surface area contributed by atoms with Crippen LogP contribution < -0.4 is 10.6 Å². The van der Waals surface area contributed by atoms with Crippen molar-refractivity contribution < 1.29 is 4.57 Å². The van der Waals surface area contributed by atoms with Gasteiger partial charge >= 0.3 is 0 Å². The lowest BCUT2D eigenvalue weighted by atomic mass is 9.79. The average Bonchev–Trinajstić information content (AvgIpc) is 3.20. The molecule has 0 aromatic heterocycles. The van der Waals surface area contributed by atoms with Gasteiger partial charge in [-0.25, -0.2) is 4.67 Å². The van der Waals surface area contributed by atoms with Crippen LogP contribution in [-0.2, 0) is 17.4 Å². The molecule has 7 aromatic rings. The van der Waals surface area contributed by atoms with Gasteiger partial charge in [-0.05, 0) is 125 Å². The summed E-state index contributed by atoms with van der Waals surface area (Å²) < 4.78 is 19.0. The molecule has 266 valence electrons. The summed E-state index contributed by atoms with van der Waals surface area (Å²) in [6.45, 7) is 13.1. The number of fused-ring (bicyclic) bond motifs is 1. The highest BCUT2D eigenvalue weighted by Crippen LogP contribution is 2.56. The molecule has 0 aliphatic rings. The highest BCUT2D eigenvalue weighted by molar-refractivity contribution is 7.76. The van der Waals surface area contributed by atoms with Gasteiger partial charge < -0.3 is 0 Å². The first-order valence-electron chi connectivity index (χ1n) is 19.1. The Morgan fingerprint density at radius 1 is 0.472 bits per heavy atom. The summed E-state index contributed by atoms with van der Waals surface area (Å²) in [5.74, 6) is 0. The van der Waals surface area contributed by atoms with Crippen LogP contribution in [0, 0.1) is 0 Å². The van der Waals surface area contributed by atoms with Crippen molar-refractivity contribution in [1.29, 1.82) is 0 Å². The molecule has 7 aromatic carbocycles. The van der Waals surface area contributed by atoms with Gasteiger partial charge in [0.25, 0.3) is 0 Å². The molecule has 0 bridgehead atoms. The maximum absolute atomic E-state index is 16.7. The van der Waals surface area contributed by atoms with E-state index in [9.17, 15) is 0 Å². The van der Waals surface area contributed by atoms with Gasteiger partial charge in [-0.3, -0.25) is 4.57 Å². The topological polar surface area (TPSA) is 20.3 Å². The molecule has 0 radical (unpaired) electrons. The van der Waals surface area contributed by atoms with E-state index < -0.39 is 7.29 Å². The highest BCUT2D eigenvalue weighted by Gasteiger charge is 2.40. The minimum Gasteiger partial charge on any atom is -0.296 e. The Balaban J connectivity index is 1.73. The molecule has 0 fully saturated rings. The Labute approximate surface area is 316 Å². The third kappa shape index (κ3) is 6.72. The van der Waals surface area contributed by atoms with Crippen molar-refractivity contribution in [3.8, 4) is 44.5 Å². The van der Waals surface area contributed by atoms with Crippen LogP contribution in [0.15, 0.2) is 158 Å². The fourth-order valence-electron chi connectivity index (χ4n) is 8.25. The van der Waals surface area contributed by atoms with Crippen molar-refractivity contribution in [3.63, 3.8) is 0 Å². The zero-order chi connectivity index (χ0) is 37.1. The SMILES string of the molecule is CCc1ccc(P(=O)(c2ccc(CC)cc2-c2c(-c3ccccc3)c(-c3ccccc3)c(-c3ccccc3)c3ccccc23)N(C(C)C)C(C)C)cc1. The Kier molecular flexibility index (Phi) is 10.7. The van der Waals surface area contributed by atoms with Crippen LogP contribution >= 0.6 is 7.29 Å². The van der Waals surface area contributed by atoms with Crippen LogP contribution in [0.4, 0.5) is 0 Å². The maximum Gasteiger partial charge on any atom is 0.208 e. The first-order chi connectivity index (χ1) is 25.8. The van der Waals surface area contributed by atoms with E-state index >= 15 is 4.57 Å². The molecule has 0 saturated heterocycles. The molecule has 1 atom stereocenters. The second-order valence-corrected chi connectivity index (χ2v) is 17.1. The third-order valence-electron chi connectivity index (χ3n) is 10.5. The number of rotatable bonds is 11. The van der Waals surface area contributed by atoms with E-state index in [4.69, 9.17) is 0 Å². The first kappa shape index (κ1) is 36.4. The highest BCUT2D eigenvalue weighted by atomic mass is 31.2. The van der Waals surface area contributed by atoms with Crippen LogP contribution in [0.5, 0.6) is 0 Å². The van der Waals surface area contributed by atoms with E-state index in [-0.39, 0.29) is 12.1 Å². The van der Waals surface area contributed by atoms with Crippen LogP contribution in [0.25, 0.3) is 55.3 Å². The molecule has 1 unspecified atom stereocenters. The number of hydrogen-bond donors (Lipinski definition) is 0. The van der Waals surface area contributed by atoms with E-state index in [1.807, 2.05) is 0 Å². The molecule has 0 aliphatic heterocycles. The monoisotopic (exact) mass is 711 g/mol. The third-order valence-corrected chi connectivity index (χ3v) is 14.2. The summed E-state index contributed by atoms with van der Waals surface area (Å²) in [6.07, 6.45) is 1.80. The first-order valence-corrected chi connectivity index (χ1v) is 20.8. The molecule has 0 amide bonds. The van der Waals surface area contributed by atoms with Crippen molar-refractivity contribution in [3.05, 3.63) is 169 Å². The molecule has 2 nitrogen and oxygen atoms in total. The standard InChI is InChI=1S/C50H50NOP/c1-7-37-28-31-42(32-29-37)53(52,51(35(3)4)36(5)6)46-33-30-38(8-2)34-45(46)50-44-27-19-18-26-43(44)47(39-20-12-9-13-21-39)48(40-22-14-10-15-23-40)49(50)41-24-16-11-17-25-41/h9-36H,7-8H2,1-6H3. The molecule has 0 spiro atoms. The Morgan fingerprint density at radius 2 is 0.887 bits per heavy atom. The van der Waals surface area contributed by atoms with Gasteiger partial charge in [0.1, 0.15) is 0 Å².